The molecule has 0 radical (unpaired) electrons. The fourth-order valence-electron chi connectivity index (χ4n) is 2.37. The molecule has 1 aromatic carbocycles. The predicted molar refractivity (Wildman–Crippen MR) is 68.8 cm³/mol. The summed E-state index contributed by atoms with van der Waals surface area (Å²) in [6, 6.07) is 5.39. The molecule has 1 heterocycles. The normalized spacial score (nSPS) is 35.8. The van der Waals surface area contributed by atoms with E-state index >= 15 is 0 Å². The lowest BCUT2D eigenvalue weighted by molar-refractivity contribution is -0.234. The number of phenolic OH excluding ortho intramolecular Hbond substituents is 1. The Bertz CT molecular complexity index is 454. The van der Waals surface area contributed by atoms with Crippen molar-refractivity contribution in [3.05, 3.63) is 29.8 Å². The molecule has 7 N–H and O–H groups in total. The molecule has 1 saturated heterocycles. The molecule has 7 nitrogen and oxygen atoms in total. The van der Waals surface area contributed by atoms with Gasteiger partial charge < -0.3 is 36.0 Å². The number of aliphatic hydroxyl groups is 4. The highest BCUT2D eigenvalue weighted by molar-refractivity contribution is 5.35. The highest BCUT2D eigenvalue weighted by atomic mass is 16.5. The Hall–Kier alpha value is -1.22. The van der Waals surface area contributed by atoms with E-state index in [1.165, 1.54) is 6.07 Å². The van der Waals surface area contributed by atoms with Gasteiger partial charge in [-0.15, -0.1) is 0 Å². The van der Waals surface area contributed by atoms with Crippen molar-refractivity contribution in [3.8, 4) is 5.75 Å². The van der Waals surface area contributed by atoms with Crippen LogP contribution in [0.5, 0.6) is 5.75 Å². The van der Waals surface area contributed by atoms with Crippen LogP contribution in [-0.4, -0.2) is 62.7 Å². The zero-order valence-electron chi connectivity index (χ0n) is 10.7. The molecule has 0 amide bonds. The fraction of sp³-hybridized carbons (Fsp3) is 0.538. The predicted octanol–water partition coefficient (Wildman–Crippen LogP) is -1.77. The van der Waals surface area contributed by atoms with Gasteiger partial charge in [-0.2, -0.15) is 0 Å². The molecule has 1 aliphatic rings. The lowest BCUT2D eigenvalue weighted by Gasteiger charge is -2.42. The van der Waals surface area contributed by atoms with Crippen LogP contribution in [0.1, 0.15) is 11.6 Å². The second-order valence-electron chi connectivity index (χ2n) is 4.88. The zero-order chi connectivity index (χ0) is 14.9. The van der Waals surface area contributed by atoms with E-state index in [0.717, 1.165) is 0 Å². The number of nitrogens with two attached hydrogens (primary N) is 1. The van der Waals surface area contributed by atoms with Gasteiger partial charge in [-0.3, -0.25) is 0 Å². The van der Waals surface area contributed by atoms with Gasteiger partial charge in [-0.05, 0) is 6.07 Å². The molecule has 0 spiro atoms. The van der Waals surface area contributed by atoms with Crippen molar-refractivity contribution in [2.24, 2.45) is 5.73 Å². The van der Waals surface area contributed by atoms with Crippen LogP contribution in [0.15, 0.2) is 24.3 Å². The third kappa shape index (κ3) is 2.64. The highest BCUT2D eigenvalue weighted by Crippen LogP contribution is 2.32. The van der Waals surface area contributed by atoms with E-state index in [1.54, 1.807) is 18.2 Å². The summed E-state index contributed by atoms with van der Waals surface area (Å²) in [6.45, 7) is -0.519. The lowest BCUT2D eigenvalue weighted by atomic mass is 9.88. The molecule has 0 saturated carbocycles. The van der Waals surface area contributed by atoms with Crippen LogP contribution in [0.25, 0.3) is 0 Å². The molecular formula is C13H19NO6. The van der Waals surface area contributed by atoms with E-state index in [4.69, 9.17) is 15.6 Å². The molecule has 2 unspecified atom stereocenters. The van der Waals surface area contributed by atoms with E-state index in [9.17, 15) is 20.4 Å². The maximum absolute atomic E-state index is 9.97. The van der Waals surface area contributed by atoms with Gasteiger partial charge in [0, 0.05) is 5.56 Å². The van der Waals surface area contributed by atoms with E-state index < -0.39 is 43.2 Å². The number of para-hydroxylation sites is 1. The molecule has 0 aromatic heterocycles. The monoisotopic (exact) mass is 285 g/mol. The molecule has 1 aromatic rings. The molecule has 112 valence electrons. The van der Waals surface area contributed by atoms with Gasteiger partial charge in [0.2, 0.25) is 0 Å². The summed E-state index contributed by atoms with van der Waals surface area (Å²) in [7, 11) is 0. The highest BCUT2D eigenvalue weighted by Gasteiger charge is 2.46. The van der Waals surface area contributed by atoms with Gasteiger partial charge in [0.1, 0.15) is 36.3 Å². The van der Waals surface area contributed by atoms with Gasteiger partial charge in [-0.25, -0.2) is 0 Å². The molecule has 1 aliphatic heterocycles. The van der Waals surface area contributed by atoms with Crippen molar-refractivity contribution in [1.29, 1.82) is 0 Å². The first-order valence-electron chi connectivity index (χ1n) is 6.31. The Balaban J connectivity index is 2.24. The molecule has 0 aliphatic carbocycles. The first-order chi connectivity index (χ1) is 9.47. The van der Waals surface area contributed by atoms with Gasteiger partial charge in [0.15, 0.2) is 0 Å². The molecule has 20 heavy (non-hydrogen) atoms. The van der Waals surface area contributed by atoms with Gasteiger partial charge in [0.25, 0.3) is 0 Å². The number of ether oxygens (including phenoxy) is 1. The van der Waals surface area contributed by atoms with E-state index in [0.29, 0.717) is 5.56 Å². The summed E-state index contributed by atoms with van der Waals surface area (Å²) in [5, 5.41) is 48.3. The number of benzene rings is 1. The first kappa shape index (κ1) is 15.2. The molecule has 6 atom stereocenters. The van der Waals surface area contributed by atoms with Crippen molar-refractivity contribution >= 4 is 0 Å². The summed E-state index contributed by atoms with van der Waals surface area (Å²) >= 11 is 0. The number of phenols is 1. The quantitative estimate of drug-likeness (QED) is 0.387. The SMILES string of the molecule is NC(c1ccccc1O)C1O[C@H](CO)[C@@H](O)[C@H](O)[C@H]1O. The third-order valence-corrected chi connectivity index (χ3v) is 3.58. The Labute approximate surface area is 115 Å². The van der Waals surface area contributed by atoms with Crippen molar-refractivity contribution in [2.45, 2.75) is 36.6 Å². The van der Waals surface area contributed by atoms with Crippen molar-refractivity contribution < 1.29 is 30.3 Å². The number of hydrogen-bond acceptors (Lipinski definition) is 7. The minimum absolute atomic E-state index is 0.0584. The van der Waals surface area contributed by atoms with E-state index in [1.807, 2.05) is 0 Å². The standard InChI is InChI=1S/C13H19NO6/c14-9(6-3-1-2-4-7(6)16)13-12(19)11(18)10(17)8(5-15)20-13/h1-4,8-13,15-19H,5,14H2/t8-,9?,10-,11+,12-,13?/m1/s1. The van der Waals surface area contributed by atoms with Gasteiger partial charge in [-0.1, -0.05) is 18.2 Å². The van der Waals surface area contributed by atoms with Crippen LogP contribution in [-0.2, 0) is 4.74 Å². The van der Waals surface area contributed by atoms with Crippen molar-refractivity contribution in [3.63, 3.8) is 0 Å². The molecule has 1 fully saturated rings. The summed E-state index contributed by atoms with van der Waals surface area (Å²) < 4.78 is 5.36. The van der Waals surface area contributed by atoms with Crippen LogP contribution >= 0.6 is 0 Å². The van der Waals surface area contributed by atoms with Crippen LogP contribution in [0.2, 0.25) is 0 Å². The average molecular weight is 285 g/mol. The maximum Gasteiger partial charge on any atom is 0.120 e. The van der Waals surface area contributed by atoms with Gasteiger partial charge >= 0.3 is 0 Å². The summed E-state index contributed by atoms with van der Waals surface area (Å²) in [4.78, 5) is 0. The zero-order valence-corrected chi connectivity index (χ0v) is 10.7. The van der Waals surface area contributed by atoms with Crippen LogP contribution in [0.3, 0.4) is 0 Å². The molecule has 7 heteroatoms. The molecule has 0 bridgehead atoms. The van der Waals surface area contributed by atoms with Crippen LogP contribution < -0.4 is 5.73 Å². The van der Waals surface area contributed by atoms with Crippen molar-refractivity contribution in [1.82, 2.24) is 0 Å². The largest absolute Gasteiger partial charge is 0.508 e. The number of rotatable bonds is 3. The summed E-state index contributed by atoms with van der Waals surface area (Å²) in [6.07, 6.45) is -6.41. The van der Waals surface area contributed by atoms with E-state index in [-0.39, 0.29) is 5.75 Å². The van der Waals surface area contributed by atoms with E-state index in [2.05, 4.69) is 0 Å². The Kier molecular flexibility index (Phi) is 4.59. The third-order valence-electron chi connectivity index (χ3n) is 3.58. The number of aromatic hydroxyl groups is 1. The second-order valence-corrected chi connectivity index (χ2v) is 4.88. The second kappa shape index (κ2) is 6.04. The summed E-state index contributed by atoms with van der Waals surface area (Å²) in [5.41, 5.74) is 6.31. The topological polar surface area (TPSA) is 136 Å². The minimum Gasteiger partial charge on any atom is -0.508 e. The Morgan fingerprint density at radius 1 is 1.10 bits per heavy atom. The van der Waals surface area contributed by atoms with Crippen LogP contribution in [0.4, 0.5) is 0 Å². The van der Waals surface area contributed by atoms with Crippen LogP contribution in [0, 0.1) is 0 Å². The average Bonchev–Trinajstić information content (AvgIpc) is 2.45. The Morgan fingerprint density at radius 2 is 1.75 bits per heavy atom. The lowest BCUT2D eigenvalue weighted by Crippen LogP contribution is -2.60. The number of hydrogen-bond donors (Lipinski definition) is 6. The Morgan fingerprint density at radius 3 is 2.35 bits per heavy atom. The van der Waals surface area contributed by atoms with Gasteiger partial charge in [0.05, 0.1) is 12.6 Å². The minimum atomic E-state index is -1.48. The summed E-state index contributed by atoms with van der Waals surface area (Å²) in [5.74, 6) is -0.0584. The maximum atomic E-state index is 9.97. The molecular weight excluding hydrogens is 266 g/mol. The first-order valence-corrected chi connectivity index (χ1v) is 6.31. The fourth-order valence-corrected chi connectivity index (χ4v) is 2.37. The molecule has 2 rings (SSSR count). The van der Waals surface area contributed by atoms with Crippen molar-refractivity contribution in [2.75, 3.05) is 6.61 Å². The number of aliphatic hydroxyl groups excluding tert-OH is 4. The smallest absolute Gasteiger partial charge is 0.120 e.